The summed E-state index contributed by atoms with van der Waals surface area (Å²) in [5, 5.41) is 2.16. The molecule has 100 valence electrons. The van der Waals surface area contributed by atoms with Gasteiger partial charge in [0.1, 0.15) is 17.3 Å². The van der Waals surface area contributed by atoms with Gasteiger partial charge in [0, 0.05) is 6.54 Å². The van der Waals surface area contributed by atoms with Crippen LogP contribution in [0.1, 0.15) is 5.56 Å². The fourth-order valence-electron chi connectivity index (χ4n) is 1.96. The van der Waals surface area contributed by atoms with E-state index < -0.39 is 0 Å². The number of hydrogen-bond acceptors (Lipinski definition) is 3. The van der Waals surface area contributed by atoms with Gasteiger partial charge in [-0.25, -0.2) is 0 Å². The minimum absolute atomic E-state index is 0.372. The molecular formula is C15H18N2OS. The van der Waals surface area contributed by atoms with E-state index in [0.29, 0.717) is 11.6 Å². The maximum Gasteiger partial charge on any atom is 0.130 e. The Labute approximate surface area is 119 Å². The average Bonchev–Trinajstić information content (AvgIpc) is 2.37. The summed E-state index contributed by atoms with van der Waals surface area (Å²) < 4.78 is 5.81. The Morgan fingerprint density at radius 2 is 1.95 bits per heavy atom. The number of nitrogens with two attached hydrogens (primary N) is 1. The van der Waals surface area contributed by atoms with Gasteiger partial charge in [-0.2, -0.15) is 0 Å². The fourth-order valence-corrected chi connectivity index (χ4v) is 2.17. The lowest BCUT2D eigenvalue weighted by Gasteiger charge is -2.15. The standard InChI is InChI=1S/C15H18N2OS/c1-17(2)9-10-18-13-8-7-11-5-3-4-6-12(11)14(13)15(16)19/h3-8H,9-10H2,1-2H3,(H2,16,19). The number of fused-ring (bicyclic) bond motifs is 1. The highest BCUT2D eigenvalue weighted by Gasteiger charge is 2.11. The summed E-state index contributed by atoms with van der Waals surface area (Å²) in [5.74, 6) is 0.757. The van der Waals surface area contributed by atoms with Gasteiger partial charge in [0.05, 0.1) is 5.56 Å². The molecule has 0 aliphatic heterocycles. The van der Waals surface area contributed by atoms with E-state index in [1.54, 1.807) is 0 Å². The van der Waals surface area contributed by atoms with E-state index in [0.717, 1.165) is 28.6 Å². The smallest absolute Gasteiger partial charge is 0.130 e. The molecule has 0 heterocycles. The van der Waals surface area contributed by atoms with E-state index in [2.05, 4.69) is 4.90 Å². The maximum absolute atomic E-state index is 5.85. The van der Waals surface area contributed by atoms with Crippen molar-refractivity contribution >= 4 is 28.0 Å². The number of benzene rings is 2. The van der Waals surface area contributed by atoms with Crippen molar-refractivity contribution in [2.75, 3.05) is 27.2 Å². The zero-order valence-electron chi connectivity index (χ0n) is 11.2. The minimum Gasteiger partial charge on any atom is -0.491 e. The van der Waals surface area contributed by atoms with Crippen molar-refractivity contribution in [3.05, 3.63) is 42.0 Å². The van der Waals surface area contributed by atoms with E-state index in [9.17, 15) is 0 Å². The molecule has 0 aromatic heterocycles. The molecule has 2 aromatic rings. The number of hydrogen-bond donors (Lipinski definition) is 1. The highest BCUT2D eigenvalue weighted by Crippen LogP contribution is 2.28. The van der Waals surface area contributed by atoms with E-state index in [1.807, 2.05) is 50.5 Å². The molecule has 19 heavy (non-hydrogen) atoms. The molecule has 0 aliphatic rings. The van der Waals surface area contributed by atoms with Crippen LogP contribution in [0.5, 0.6) is 5.75 Å². The van der Waals surface area contributed by atoms with Crippen molar-refractivity contribution in [3.63, 3.8) is 0 Å². The quantitative estimate of drug-likeness (QED) is 0.850. The lowest BCUT2D eigenvalue weighted by Crippen LogP contribution is -2.20. The molecule has 0 atom stereocenters. The van der Waals surface area contributed by atoms with Crippen LogP contribution < -0.4 is 10.5 Å². The van der Waals surface area contributed by atoms with Crippen LogP contribution in [0.15, 0.2) is 36.4 Å². The van der Waals surface area contributed by atoms with E-state index in [-0.39, 0.29) is 0 Å². The Morgan fingerprint density at radius 1 is 1.21 bits per heavy atom. The van der Waals surface area contributed by atoms with Gasteiger partial charge >= 0.3 is 0 Å². The first-order valence-corrected chi connectivity index (χ1v) is 6.59. The number of nitrogens with zero attached hydrogens (tertiary/aromatic N) is 1. The van der Waals surface area contributed by atoms with Crippen molar-refractivity contribution in [2.24, 2.45) is 5.73 Å². The lowest BCUT2D eigenvalue weighted by molar-refractivity contribution is 0.261. The number of ether oxygens (including phenoxy) is 1. The number of thiocarbonyl (C=S) groups is 1. The molecule has 2 rings (SSSR count). The van der Waals surface area contributed by atoms with Crippen molar-refractivity contribution < 1.29 is 4.74 Å². The van der Waals surface area contributed by atoms with E-state index in [1.165, 1.54) is 0 Å². The maximum atomic E-state index is 5.85. The summed E-state index contributed by atoms with van der Waals surface area (Å²) in [4.78, 5) is 2.44. The molecule has 0 saturated carbocycles. The molecule has 0 bridgehead atoms. The molecule has 0 unspecified atom stereocenters. The second-order valence-corrected chi connectivity index (χ2v) is 5.12. The average molecular weight is 274 g/mol. The topological polar surface area (TPSA) is 38.5 Å². The zero-order valence-corrected chi connectivity index (χ0v) is 12.0. The third-order valence-electron chi connectivity index (χ3n) is 2.93. The third-order valence-corrected chi connectivity index (χ3v) is 3.14. The lowest BCUT2D eigenvalue weighted by atomic mass is 10.0. The Balaban J connectivity index is 2.37. The van der Waals surface area contributed by atoms with Gasteiger partial charge in [-0.15, -0.1) is 0 Å². The van der Waals surface area contributed by atoms with Crippen molar-refractivity contribution in [2.45, 2.75) is 0 Å². The van der Waals surface area contributed by atoms with Gasteiger partial charge in [-0.1, -0.05) is 42.5 Å². The Bertz CT molecular complexity index is 596. The first kappa shape index (κ1) is 13.8. The first-order chi connectivity index (χ1) is 9.09. The molecule has 0 saturated heterocycles. The summed E-state index contributed by atoms with van der Waals surface area (Å²) in [5.41, 5.74) is 6.68. The van der Waals surface area contributed by atoms with Gasteiger partial charge in [0.15, 0.2) is 0 Å². The van der Waals surface area contributed by atoms with Gasteiger partial charge in [-0.05, 0) is 30.9 Å². The Kier molecular flexibility index (Phi) is 4.35. The highest BCUT2D eigenvalue weighted by atomic mass is 32.1. The Morgan fingerprint density at radius 3 is 2.63 bits per heavy atom. The second-order valence-electron chi connectivity index (χ2n) is 4.68. The van der Waals surface area contributed by atoms with Gasteiger partial charge < -0.3 is 15.4 Å². The minimum atomic E-state index is 0.372. The summed E-state index contributed by atoms with van der Waals surface area (Å²) in [7, 11) is 4.02. The first-order valence-electron chi connectivity index (χ1n) is 6.18. The van der Waals surface area contributed by atoms with Crippen LogP contribution >= 0.6 is 12.2 Å². The SMILES string of the molecule is CN(C)CCOc1ccc2ccccc2c1C(N)=S. The van der Waals surface area contributed by atoms with Crippen LogP contribution in [-0.4, -0.2) is 37.1 Å². The molecule has 0 radical (unpaired) electrons. The third kappa shape index (κ3) is 3.22. The van der Waals surface area contributed by atoms with Crippen LogP contribution in [0.2, 0.25) is 0 Å². The van der Waals surface area contributed by atoms with E-state index in [4.69, 9.17) is 22.7 Å². The monoisotopic (exact) mass is 274 g/mol. The summed E-state index contributed by atoms with van der Waals surface area (Å²) in [6.07, 6.45) is 0. The molecule has 0 aliphatic carbocycles. The number of rotatable bonds is 5. The largest absolute Gasteiger partial charge is 0.491 e. The van der Waals surface area contributed by atoms with Crippen molar-refractivity contribution in [1.29, 1.82) is 0 Å². The van der Waals surface area contributed by atoms with Gasteiger partial charge in [-0.3, -0.25) is 0 Å². The normalized spacial score (nSPS) is 10.9. The van der Waals surface area contributed by atoms with Crippen LogP contribution in [0.25, 0.3) is 10.8 Å². The predicted molar refractivity (Wildman–Crippen MR) is 83.9 cm³/mol. The van der Waals surface area contributed by atoms with Crippen LogP contribution in [0.3, 0.4) is 0 Å². The van der Waals surface area contributed by atoms with Crippen LogP contribution in [-0.2, 0) is 0 Å². The fraction of sp³-hybridized carbons (Fsp3) is 0.267. The molecule has 0 amide bonds. The molecule has 3 nitrogen and oxygen atoms in total. The van der Waals surface area contributed by atoms with Gasteiger partial charge in [0.2, 0.25) is 0 Å². The summed E-state index contributed by atoms with van der Waals surface area (Å²) >= 11 is 5.17. The molecule has 2 N–H and O–H groups in total. The summed E-state index contributed by atoms with van der Waals surface area (Å²) in [6.45, 7) is 1.46. The second kappa shape index (κ2) is 5.99. The highest BCUT2D eigenvalue weighted by molar-refractivity contribution is 7.80. The zero-order chi connectivity index (χ0) is 13.8. The van der Waals surface area contributed by atoms with Gasteiger partial charge in [0.25, 0.3) is 0 Å². The van der Waals surface area contributed by atoms with Crippen LogP contribution in [0, 0.1) is 0 Å². The van der Waals surface area contributed by atoms with Crippen LogP contribution in [0.4, 0.5) is 0 Å². The summed E-state index contributed by atoms with van der Waals surface area (Å²) in [6, 6.07) is 12.0. The van der Waals surface area contributed by atoms with E-state index >= 15 is 0 Å². The van der Waals surface area contributed by atoms with Crippen molar-refractivity contribution in [3.8, 4) is 5.75 Å². The molecule has 2 aromatic carbocycles. The molecule has 4 heteroatoms. The molecular weight excluding hydrogens is 256 g/mol. The molecule has 0 fully saturated rings. The predicted octanol–water partition coefficient (Wildman–Crippen LogP) is 2.41. The Hall–Kier alpha value is -1.65. The number of likely N-dealkylation sites (N-methyl/N-ethyl adjacent to an activating group) is 1. The molecule has 0 spiro atoms. The van der Waals surface area contributed by atoms with Crippen molar-refractivity contribution in [1.82, 2.24) is 4.90 Å².